The molecule has 0 saturated heterocycles. The van der Waals surface area contributed by atoms with E-state index in [1.807, 2.05) is 0 Å². The number of esters is 1. The molecule has 0 rings (SSSR count). The van der Waals surface area contributed by atoms with Crippen molar-refractivity contribution in [3.05, 3.63) is 0 Å². The molecule has 182 valence electrons. The van der Waals surface area contributed by atoms with E-state index in [4.69, 9.17) is 14.6 Å². The van der Waals surface area contributed by atoms with Crippen LogP contribution in [-0.4, -0.2) is 52.3 Å². The van der Waals surface area contributed by atoms with Crippen LogP contribution in [-0.2, 0) is 23.9 Å². The van der Waals surface area contributed by atoms with Gasteiger partial charge in [0, 0.05) is 6.42 Å². The summed E-state index contributed by atoms with van der Waals surface area (Å²) >= 11 is 0. The largest absolute Gasteiger partial charge is 0.481 e. The van der Waals surface area contributed by atoms with Crippen LogP contribution in [0.4, 0.5) is 4.79 Å². The lowest BCUT2D eigenvalue weighted by atomic mass is 10.1. The number of aliphatic carboxylic acids is 1. The minimum atomic E-state index is -1.14. The molecule has 9 heteroatoms. The lowest BCUT2D eigenvalue weighted by molar-refractivity contribution is -0.159. The van der Waals surface area contributed by atoms with Gasteiger partial charge in [0.1, 0.15) is 23.3 Å². The van der Waals surface area contributed by atoms with Crippen molar-refractivity contribution in [1.29, 1.82) is 0 Å². The standard InChI is InChI=1S/C18H32N2O7.C4H10/c1-8-11(20-16(25)27-18(5,6)7)14(23)19-12(9-10-13(21)22)15(24)26-17(2,3)4;1-4(2)3/h11-12H,8-10H2,1-7H3,(H,19,23)(H,20,25)(H,21,22);4H,1-3H3. The van der Waals surface area contributed by atoms with E-state index in [-0.39, 0.29) is 19.3 Å². The highest BCUT2D eigenvalue weighted by Crippen LogP contribution is 2.12. The SMILES string of the molecule is CC(C)C.CCC(NC(=O)OC(C)(C)C)C(=O)NC(CCC(=O)O)C(=O)OC(C)(C)C. The van der Waals surface area contributed by atoms with Gasteiger partial charge in [0.05, 0.1) is 0 Å². The number of carboxylic acids is 1. The van der Waals surface area contributed by atoms with E-state index in [0.29, 0.717) is 0 Å². The van der Waals surface area contributed by atoms with Gasteiger partial charge in [-0.15, -0.1) is 0 Å². The molecule has 0 aromatic heterocycles. The molecule has 0 aliphatic carbocycles. The van der Waals surface area contributed by atoms with Crippen molar-refractivity contribution < 1.29 is 33.8 Å². The molecule has 0 saturated carbocycles. The Bertz CT molecular complexity index is 587. The molecule has 0 radical (unpaired) electrons. The van der Waals surface area contributed by atoms with E-state index in [9.17, 15) is 19.2 Å². The number of ether oxygens (including phenoxy) is 2. The Balaban J connectivity index is 0. The van der Waals surface area contributed by atoms with Crippen LogP contribution in [0.5, 0.6) is 0 Å². The Hall–Kier alpha value is -2.32. The summed E-state index contributed by atoms with van der Waals surface area (Å²) < 4.78 is 10.4. The van der Waals surface area contributed by atoms with Gasteiger partial charge < -0.3 is 25.2 Å². The third kappa shape index (κ3) is 19.4. The number of rotatable bonds is 8. The molecule has 0 spiro atoms. The lowest BCUT2D eigenvalue weighted by Gasteiger charge is -2.26. The molecule has 2 atom stereocenters. The Labute approximate surface area is 186 Å². The number of nitrogens with one attached hydrogen (secondary N) is 2. The molecule has 0 bridgehead atoms. The van der Waals surface area contributed by atoms with Crippen LogP contribution in [0.15, 0.2) is 0 Å². The maximum absolute atomic E-state index is 12.5. The molecule has 0 aliphatic heterocycles. The normalized spacial score (nSPS) is 13.3. The maximum Gasteiger partial charge on any atom is 0.408 e. The van der Waals surface area contributed by atoms with Gasteiger partial charge in [-0.25, -0.2) is 9.59 Å². The zero-order valence-corrected chi connectivity index (χ0v) is 20.8. The van der Waals surface area contributed by atoms with Gasteiger partial charge in [-0.1, -0.05) is 27.7 Å². The molecule has 2 amide bonds. The average molecular weight is 447 g/mol. The molecular weight excluding hydrogens is 404 g/mol. The Morgan fingerprint density at radius 1 is 0.839 bits per heavy atom. The van der Waals surface area contributed by atoms with Gasteiger partial charge in [-0.3, -0.25) is 9.59 Å². The molecule has 0 aromatic rings. The predicted octanol–water partition coefficient (Wildman–Crippen LogP) is 3.64. The fraction of sp³-hybridized carbons (Fsp3) is 0.818. The Kier molecular flexibility index (Phi) is 13.8. The summed E-state index contributed by atoms with van der Waals surface area (Å²) in [7, 11) is 0. The van der Waals surface area contributed by atoms with Crippen molar-refractivity contribution in [2.45, 2.75) is 112 Å². The fourth-order valence-corrected chi connectivity index (χ4v) is 1.96. The molecule has 0 fully saturated rings. The molecule has 2 unspecified atom stereocenters. The highest BCUT2D eigenvalue weighted by atomic mass is 16.6. The topological polar surface area (TPSA) is 131 Å². The first-order valence-electron chi connectivity index (χ1n) is 10.6. The smallest absolute Gasteiger partial charge is 0.408 e. The summed E-state index contributed by atoms with van der Waals surface area (Å²) in [6.45, 7) is 18.3. The van der Waals surface area contributed by atoms with Gasteiger partial charge in [0.15, 0.2) is 0 Å². The number of hydrogen-bond donors (Lipinski definition) is 3. The number of amides is 2. The molecule has 0 aliphatic rings. The highest BCUT2D eigenvalue weighted by molar-refractivity contribution is 5.90. The number of alkyl carbamates (subject to hydrolysis) is 1. The summed E-state index contributed by atoms with van der Waals surface area (Å²) in [6.07, 6.45) is -0.950. The second-order valence-electron chi connectivity index (χ2n) is 9.87. The van der Waals surface area contributed by atoms with Crippen molar-refractivity contribution in [1.82, 2.24) is 10.6 Å². The highest BCUT2D eigenvalue weighted by Gasteiger charge is 2.30. The molecule has 9 nitrogen and oxygen atoms in total. The molecular formula is C22H42N2O7. The minimum absolute atomic E-state index is 0.126. The van der Waals surface area contributed by atoms with Crippen molar-refractivity contribution in [2.75, 3.05) is 0 Å². The van der Waals surface area contributed by atoms with Crippen molar-refractivity contribution in [3.8, 4) is 0 Å². The van der Waals surface area contributed by atoms with Crippen molar-refractivity contribution in [3.63, 3.8) is 0 Å². The summed E-state index contributed by atoms with van der Waals surface area (Å²) in [5, 5.41) is 13.8. The van der Waals surface area contributed by atoms with Crippen LogP contribution in [0.3, 0.4) is 0 Å². The van der Waals surface area contributed by atoms with Crippen LogP contribution in [0.2, 0.25) is 0 Å². The van der Waals surface area contributed by atoms with E-state index >= 15 is 0 Å². The van der Waals surface area contributed by atoms with Gasteiger partial charge in [0.25, 0.3) is 0 Å². The number of carboxylic acid groups (broad SMARTS) is 1. The van der Waals surface area contributed by atoms with E-state index in [1.54, 1.807) is 48.5 Å². The first-order valence-corrected chi connectivity index (χ1v) is 10.6. The van der Waals surface area contributed by atoms with E-state index in [0.717, 1.165) is 5.92 Å². The van der Waals surface area contributed by atoms with Crippen LogP contribution in [0.1, 0.15) is 88.5 Å². The average Bonchev–Trinajstić information content (AvgIpc) is 2.52. The van der Waals surface area contributed by atoms with Crippen LogP contribution in [0, 0.1) is 5.92 Å². The molecule has 0 aromatic carbocycles. The first kappa shape index (κ1) is 30.9. The van der Waals surface area contributed by atoms with Crippen LogP contribution >= 0.6 is 0 Å². The van der Waals surface area contributed by atoms with Crippen LogP contribution < -0.4 is 10.6 Å². The van der Waals surface area contributed by atoms with E-state index < -0.39 is 47.2 Å². The maximum atomic E-state index is 12.5. The van der Waals surface area contributed by atoms with Crippen molar-refractivity contribution >= 4 is 23.9 Å². The molecule has 3 N–H and O–H groups in total. The number of hydrogen-bond acceptors (Lipinski definition) is 6. The summed E-state index contributed by atoms with van der Waals surface area (Å²) in [5.74, 6) is -1.62. The summed E-state index contributed by atoms with van der Waals surface area (Å²) in [6, 6.07) is -2.07. The Morgan fingerprint density at radius 2 is 1.29 bits per heavy atom. The zero-order valence-electron chi connectivity index (χ0n) is 20.8. The van der Waals surface area contributed by atoms with Gasteiger partial charge >= 0.3 is 18.0 Å². The quantitative estimate of drug-likeness (QED) is 0.485. The predicted molar refractivity (Wildman–Crippen MR) is 119 cm³/mol. The summed E-state index contributed by atoms with van der Waals surface area (Å²) in [4.78, 5) is 47.4. The minimum Gasteiger partial charge on any atom is -0.481 e. The second kappa shape index (κ2) is 13.9. The molecule has 0 heterocycles. The molecule has 31 heavy (non-hydrogen) atoms. The summed E-state index contributed by atoms with van der Waals surface area (Å²) in [5.41, 5.74) is -1.51. The van der Waals surface area contributed by atoms with Crippen molar-refractivity contribution in [2.24, 2.45) is 5.92 Å². The van der Waals surface area contributed by atoms with E-state index in [1.165, 1.54) is 0 Å². The lowest BCUT2D eigenvalue weighted by Crippen LogP contribution is -2.53. The van der Waals surface area contributed by atoms with Gasteiger partial charge in [-0.2, -0.15) is 0 Å². The monoisotopic (exact) mass is 446 g/mol. The van der Waals surface area contributed by atoms with Gasteiger partial charge in [-0.05, 0) is 60.3 Å². The third-order valence-corrected chi connectivity index (χ3v) is 3.07. The van der Waals surface area contributed by atoms with Gasteiger partial charge in [0.2, 0.25) is 5.91 Å². The Morgan fingerprint density at radius 3 is 1.65 bits per heavy atom. The third-order valence-electron chi connectivity index (χ3n) is 3.07. The fourth-order valence-electron chi connectivity index (χ4n) is 1.96. The second-order valence-corrected chi connectivity index (χ2v) is 9.87. The number of carbonyl (C=O) groups is 4. The zero-order chi connectivity index (χ0) is 25.0. The van der Waals surface area contributed by atoms with Crippen LogP contribution in [0.25, 0.3) is 0 Å². The van der Waals surface area contributed by atoms with E-state index in [2.05, 4.69) is 31.4 Å². The first-order chi connectivity index (χ1) is 13.9. The number of carbonyl (C=O) groups excluding carboxylic acids is 3.